The number of hydrogen-bond acceptors (Lipinski definition) is 4. The highest BCUT2D eigenvalue weighted by atomic mass is 16.5. The Labute approximate surface area is 69.0 Å². The van der Waals surface area contributed by atoms with Gasteiger partial charge in [0.15, 0.2) is 11.6 Å². The molecule has 0 radical (unpaired) electrons. The summed E-state index contributed by atoms with van der Waals surface area (Å²) in [6, 6.07) is 1.80. The Bertz CT molecular complexity index is 376. The Morgan fingerprint density at radius 2 is 2.33 bits per heavy atom. The van der Waals surface area contributed by atoms with Crippen molar-refractivity contribution >= 4 is 5.82 Å². The molecule has 2 rings (SSSR count). The van der Waals surface area contributed by atoms with E-state index in [9.17, 15) is 0 Å². The van der Waals surface area contributed by atoms with Crippen LogP contribution >= 0.6 is 0 Å². The van der Waals surface area contributed by atoms with E-state index in [1.807, 2.05) is 6.92 Å². The van der Waals surface area contributed by atoms with Crippen LogP contribution in [0.15, 0.2) is 27.5 Å². The van der Waals surface area contributed by atoms with Gasteiger partial charge in [0.2, 0.25) is 0 Å². The van der Waals surface area contributed by atoms with Crippen LogP contribution < -0.4 is 5.73 Å². The molecule has 4 heteroatoms. The molecule has 0 saturated heterocycles. The minimum Gasteiger partial charge on any atom is -0.472 e. The smallest absolute Gasteiger partial charge is 0.175 e. The summed E-state index contributed by atoms with van der Waals surface area (Å²) in [4.78, 5) is 0. The first kappa shape index (κ1) is 6.97. The van der Waals surface area contributed by atoms with Crippen LogP contribution in [-0.4, -0.2) is 5.16 Å². The number of aromatic nitrogens is 1. The quantitative estimate of drug-likeness (QED) is 0.698. The van der Waals surface area contributed by atoms with Crippen molar-refractivity contribution in [3.63, 3.8) is 0 Å². The van der Waals surface area contributed by atoms with E-state index in [4.69, 9.17) is 14.7 Å². The summed E-state index contributed by atoms with van der Waals surface area (Å²) < 4.78 is 9.91. The van der Waals surface area contributed by atoms with Crippen LogP contribution in [0.5, 0.6) is 0 Å². The minimum absolute atomic E-state index is 0.422. The molecule has 0 unspecified atom stereocenters. The van der Waals surface area contributed by atoms with Crippen LogP contribution in [0.1, 0.15) is 5.56 Å². The molecule has 2 heterocycles. The fourth-order valence-corrected chi connectivity index (χ4v) is 1.01. The highest BCUT2D eigenvalue weighted by Crippen LogP contribution is 2.26. The third kappa shape index (κ3) is 0.887. The number of anilines is 1. The summed E-state index contributed by atoms with van der Waals surface area (Å²) in [5, 5.41) is 3.63. The maximum atomic E-state index is 5.51. The molecule has 0 saturated carbocycles. The molecule has 62 valence electrons. The normalized spacial score (nSPS) is 10.4. The molecule has 12 heavy (non-hydrogen) atoms. The molecule has 0 fully saturated rings. The first-order valence-corrected chi connectivity index (χ1v) is 3.53. The summed E-state index contributed by atoms with van der Waals surface area (Å²) in [5.74, 6) is 1.09. The van der Waals surface area contributed by atoms with Crippen LogP contribution in [0.25, 0.3) is 11.3 Å². The summed E-state index contributed by atoms with van der Waals surface area (Å²) >= 11 is 0. The van der Waals surface area contributed by atoms with E-state index >= 15 is 0 Å². The molecular formula is C8H8N2O2. The van der Waals surface area contributed by atoms with Crippen LogP contribution in [0.3, 0.4) is 0 Å². The number of rotatable bonds is 1. The van der Waals surface area contributed by atoms with Crippen molar-refractivity contribution in [2.45, 2.75) is 6.92 Å². The monoisotopic (exact) mass is 164 g/mol. The van der Waals surface area contributed by atoms with E-state index in [0.717, 1.165) is 11.1 Å². The lowest BCUT2D eigenvalue weighted by atomic mass is 10.2. The van der Waals surface area contributed by atoms with E-state index < -0.39 is 0 Å². The summed E-state index contributed by atoms with van der Waals surface area (Å²) in [6.07, 6.45) is 3.17. The maximum absolute atomic E-state index is 5.51. The predicted octanol–water partition coefficient (Wildman–Crippen LogP) is 1.83. The zero-order valence-electron chi connectivity index (χ0n) is 6.57. The molecule has 0 spiro atoms. The van der Waals surface area contributed by atoms with Gasteiger partial charge >= 0.3 is 0 Å². The highest BCUT2D eigenvalue weighted by molar-refractivity contribution is 5.64. The first-order chi connectivity index (χ1) is 5.79. The Morgan fingerprint density at radius 3 is 2.83 bits per heavy atom. The summed E-state index contributed by atoms with van der Waals surface area (Å²) in [6.45, 7) is 1.86. The predicted molar refractivity (Wildman–Crippen MR) is 43.4 cm³/mol. The zero-order chi connectivity index (χ0) is 8.55. The van der Waals surface area contributed by atoms with Crippen LogP contribution in [0.4, 0.5) is 5.82 Å². The van der Waals surface area contributed by atoms with Crippen molar-refractivity contribution in [1.29, 1.82) is 0 Å². The number of nitrogen functional groups attached to an aromatic ring is 1. The first-order valence-electron chi connectivity index (χ1n) is 3.53. The molecule has 0 aliphatic heterocycles. The largest absolute Gasteiger partial charge is 0.472 e. The molecule has 2 aromatic rings. The Morgan fingerprint density at radius 1 is 1.50 bits per heavy atom. The fraction of sp³-hybridized carbons (Fsp3) is 0.125. The lowest BCUT2D eigenvalue weighted by molar-refractivity contribution is 0.434. The molecular weight excluding hydrogens is 156 g/mol. The topological polar surface area (TPSA) is 65.2 Å². The number of furan rings is 1. The molecule has 0 bridgehead atoms. The Balaban J connectivity index is 2.55. The average molecular weight is 164 g/mol. The Hall–Kier alpha value is -1.71. The van der Waals surface area contributed by atoms with E-state index in [1.54, 1.807) is 18.6 Å². The molecule has 0 aliphatic carbocycles. The highest BCUT2D eigenvalue weighted by Gasteiger charge is 2.11. The van der Waals surface area contributed by atoms with Gasteiger partial charge in [-0.3, -0.25) is 0 Å². The lowest BCUT2D eigenvalue weighted by Crippen LogP contribution is -1.85. The van der Waals surface area contributed by atoms with Gasteiger partial charge in [0.25, 0.3) is 0 Å². The standard InChI is InChI=1S/C8H8N2O2/c1-5-7(12-10-8(5)9)6-2-3-11-4-6/h2-4H,1H3,(H2,9,10). The van der Waals surface area contributed by atoms with E-state index in [2.05, 4.69) is 5.16 Å². The third-order valence-electron chi connectivity index (χ3n) is 1.74. The number of nitrogens with zero attached hydrogens (tertiary/aromatic N) is 1. The van der Waals surface area contributed by atoms with Gasteiger partial charge in [-0.15, -0.1) is 0 Å². The van der Waals surface area contributed by atoms with E-state index in [0.29, 0.717) is 11.6 Å². The summed E-state index contributed by atoms with van der Waals surface area (Å²) in [5.41, 5.74) is 7.21. The van der Waals surface area contributed by atoms with Gasteiger partial charge in [-0.1, -0.05) is 5.16 Å². The van der Waals surface area contributed by atoms with E-state index in [1.165, 1.54) is 0 Å². The molecule has 2 aromatic heterocycles. The number of hydrogen-bond donors (Lipinski definition) is 1. The van der Waals surface area contributed by atoms with Gasteiger partial charge in [0.1, 0.15) is 6.26 Å². The van der Waals surface area contributed by atoms with Gasteiger partial charge in [0.05, 0.1) is 11.8 Å². The number of nitrogens with two attached hydrogens (primary N) is 1. The second-order valence-corrected chi connectivity index (χ2v) is 2.53. The second-order valence-electron chi connectivity index (χ2n) is 2.53. The molecule has 0 aromatic carbocycles. The van der Waals surface area contributed by atoms with Crippen molar-refractivity contribution in [3.05, 3.63) is 24.2 Å². The fourth-order valence-electron chi connectivity index (χ4n) is 1.01. The lowest BCUT2D eigenvalue weighted by Gasteiger charge is -1.88. The van der Waals surface area contributed by atoms with Crippen molar-refractivity contribution in [2.75, 3.05) is 5.73 Å². The zero-order valence-corrected chi connectivity index (χ0v) is 6.57. The average Bonchev–Trinajstić information content (AvgIpc) is 2.64. The van der Waals surface area contributed by atoms with Gasteiger partial charge in [0, 0.05) is 5.56 Å². The third-order valence-corrected chi connectivity index (χ3v) is 1.74. The maximum Gasteiger partial charge on any atom is 0.175 e. The van der Waals surface area contributed by atoms with Crippen molar-refractivity contribution in [3.8, 4) is 11.3 Å². The Kier molecular flexibility index (Phi) is 1.40. The minimum atomic E-state index is 0.422. The van der Waals surface area contributed by atoms with Crippen molar-refractivity contribution < 1.29 is 8.94 Å². The molecule has 4 nitrogen and oxygen atoms in total. The van der Waals surface area contributed by atoms with Gasteiger partial charge in [-0.05, 0) is 13.0 Å². The van der Waals surface area contributed by atoms with Crippen molar-refractivity contribution in [1.82, 2.24) is 5.16 Å². The van der Waals surface area contributed by atoms with Gasteiger partial charge < -0.3 is 14.7 Å². The van der Waals surface area contributed by atoms with Crippen LogP contribution in [0.2, 0.25) is 0 Å². The SMILES string of the molecule is Cc1c(N)noc1-c1ccoc1. The van der Waals surface area contributed by atoms with Gasteiger partial charge in [-0.25, -0.2) is 0 Å². The molecule has 0 aliphatic rings. The molecule has 2 N–H and O–H groups in total. The van der Waals surface area contributed by atoms with Crippen molar-refractivity contribution in [2.24, 2.45) is 0 Å². The second kappa shape index (κ2) is 2.41. The molecule has 0 amide bonds. The molecule has 0 atom stereocenters. The van der Waals surface area contributed by atoms with E-state index in [-0.39, 0.29) is 0 Å². The van der Waals surface area contributed by atoms with Crippen LogP contribution in [-0.2, 0) is 0 Å². The summed E-state index contributed by atoms with van der Waals surface area (Å²) in [7, 11) is 0. The van der Waals surface area contributed by atoms with Gasteiger partial charge in [-0.2, -0.15) is 0 Å². The van der Waals surface area contributed by atoms with Crippen LogP contribution in [0, 0.1) is 6.92 Å².